The highest BCUT2D eigenvalue weighted by atomic mass is 32.1. The third-order valence-corrected chi connectivity index (χ3v) is 7.01. The summed E-state index contributed by atoms with van der Waals surface area (Å²) in [6.45, 7) is 8.88. The maximum Gasteiger partial charge on any atom is 0.219 e. The lowest BCUT2D eigenvalue weighted by Crippen LogP contribution is -2.46. The van der Waals surface area contributed by atoms with Crippen LogP contribution in [0.3, 0.4) is 0 Å². The molecule has 5 heterocycles. The van der Waals surface area contributed by atoms with Gasteiger partial charge in [-0.1, -0.05) is 0 Å². The summed E-state index contributed by atoms with van der Waals surface area (Å²) in [5.41, 5.74) is 7.36. The van der Waals surface area contributed by atoms with Crippen molar-refractivity contribution < 1.29 is 9.84 Å². The first-order chi connectivity index (χ1) is 15.7. The van der Waals surface area contributed by atoms with Crippen molar-refractivity contribution in [2.45, 2.75) is 6.54 Å². The van der Waals surface area contributed by atoms with Gasteiger partial charge in [-0.3, -0.25) is 9.80 Å². The first-order valence-corrected chi connectivity index (χ1v) is 11.8. The van der Waals surface area contributed by atoms with Crippen LogP contribution in [0, 0.1) is 0 Å². The topological polar surface area (TPSA) is 117 Å². The molecule has 3 N–H and O–H groups in total. The minimum atomic E-state index is 0.223. The van der Waals surface area contributed by atoms with Crippen molar-refractivity contribution in [3.8, 4) is 11.4 Å². The molecule has 2 aliphatic heterocycles. The Balaban J connectivity index is 1.44. The van der Waals surface area contributed by atoms with E-state index >= 15 is 0 Å². The smallest absolute Gasteiger partial charge is 0.219 e. The number of aliphatic hydroxyl groups is 1. The lowest BCUT2D eigenvalue weighted by molar-refractivity contribution is 0.109. The summed E-state index contributed by atoms with van der Waals surface area (Å²) in [5.74, 6) is 1.80. The minimum Gasteiger partial charge on any atom is -0.395 e. The van der Waals surface area contributed by atoms with Crippen molar-refractivity contribution in [2.24, 2.45) is 0 Å². The molecule has 11 heteroatoms. The molecule has 0 aromatic carbocycles. The molecule has 10 nitrogen and oxygen atoms in total. The number of ether oxygens (including phenoxy) is 1. The molecule has 5 rings (SSSR count). The monoisotopic (exact) mass is 456 g/mol. The summed E-state index contributed by atoms with van der Waals surface area (Å²) in [4.78, 5) is 26.3. The number of hydrogen-bond acceptors (Lipinski definition) is 11. The van der Waals surface area contributed by atoms with Crippen molar-refractivity contribution in [1.29, 1.82) is 0 Å². The molecule has 3 aromatic heterocycles. The molecule has 0 saturated carbocycles. The number of morpholine rings is 1. The van der Waals surface area contributed by atoms with Crippen LogP contribution in [0.25, 0.3) is 21.6 Å². The molecule has 0 aliphatic carbocycles. The zero-order chi connectivity index (χ0) is 21.9. The van der Waals surface area contributed by atoms with Crippen LogP contribution in [0.4, 0.5) is 11.8 Å². The Bertz CT molecular complexity index is 1050. The minimum absolute atomic E-state index is 0.223. The Hall–Kier alpha value is -2.44. The van der Waals surface area contributed by atoms with Crippen molar-refractivity contribution in [3.05, 3.63) is 23.3 Å². The van der Waals surface area contributed by atoms with Gasteiger partial charge in [0, 0.05) is 69.6 Å². The van der Waals surface area contributed by atoms with Crippen molar-refractivity contribution in [3.63, 3.8) is 0 Å². The van der Waals surface area contributed by atoms with E-state index in [-0.39, 0.29) is 12.6 Å². The fourth-order valence-electron chi connectivity index (χ4n) is 4.15. The van der Waals surface area contributed by atoms with Crippen LogP contribution < -0.4 is 10.6 Å². The number of aromatic nitrogens is 4. The van der Waals surface area contributed by atoms with Gasteiger partial charge in [-0.05, 0) is 6.07 Å². The van der Waals surface area contributed by atoms with Crippen LogP contribution in [0.2, 0.25) is 0 Å². The van der Waals surface area contributed by atoms with Crippen molar-refractivity contribution >= 4 is 33.3 Å². The summed E-state index contributed by atoms with van der Waals surface area (Å²) < 4.78 is 6.66. The number of nitrogens with zero attached hydrogens (tertiary/aromatic N) is 7. The molecular weight excluding hydrogens is 428 g/mol. The molecule has 0 atom stereocenters. The van der Waals surface area contributed by atoms with Gasteiger partial charge in [0.1, 0.15) is 0 Å². The number of nitrogens with two attached hydrogens (primary N) is 1. The first-order valence-electron chi connectivity index (χ1n) is 11.0. The number of thiophene rings is 1. The maximum atomic E-state index is 9.16. The van der Waals surface area contributed by atoms with Gasteiger partial charge in [-0.15, -0.1) is 11.3 Å². The normalized spacial score (nSPS) is 18.5. The molecule has 170 valence electrons. The molecule has 0 amide bonds. The number of nitrogen functional groups attached to an aromatic ring is 1. The number of aliphatic hydroxyl groups excluding tert-OH is 1. The quantitative estimate of drug-likeness (QED) is 0.548. The molecular formula is C21H28N8O2S. The van der Waals surface area contributed by atoms with Crippen molar-refractivity contribution in [1.82, 2.24) is 29.7 Å². The molecule has 0 unspecified atom stereocenters. The second-order valence-corrected chi connectivity index (χ2v) is 9.21. The van der Waals surface area contributed by atoms with Crippen LogP contribution in [0.15, 0.2) is 18.5 Å². The molecule has 0 bridgehead atoms. The fourth-order valence-corrected chi connectivity index (χ4v) is 5.30. The SMILES string of the molecule is Nc1ncc(-c2nc(N3CCOCC3)c3sc(CN4CCN(CCO)CC4)cc3n2)cn1. The number of anilines is 2. The molecule has 2 aliphatic rings. The van der Waals surface area contributed by atoms with E-state index in [0.717, 1.165) is 74.0 Å². The maximum absolute atomic E-state index is 9.16. The van der Waals surface area contributed by atoms with E-state index in [0.29, 0.717) is 19.0 Å². The summed E-state index contributed by atoms with van der Waals surface area (Å²) in [7, 11) is 0. The number of β-amino-alcohol motifs (C(OH)–C–C–N with tert-alkyl or cyclic N) is 1. The molecule has 2 saturated heterocycles. The van der Waals surface area contributed by atoms with E-state index < -0.39 is 0 Å². The fraction of sp³-hybridized carbons (Fsp3) is 0.524. The summed E-state index contributed by atoms with van der Waals surface area (Å²) >= 11 is 1.77. The standard InChI is InChI=1S/C21H28N8O2S/c22-21-23-12-15(13-24-21)19-25-17-11-16(14-28-3-1-27(2-4-28)5-8-30)32-18(17)20(26-19)29-6-9-31-10-7-29/h11-13,30H,1-10,14H2,(H2,22,23,24). The average molecular weight is 457 g/mol. The molecule has 0 spiro atoms. The van der Waals surface area contributed by atoms with Gasteiger partial charge in [-0.25, -0.2) is 19.9 Å². The number of piperazine rings is 1. The van der Waals surface area contributed by atoms with Crippen LogP contribution in [-0.4, -0.2) is 100 Å². The van der Waals surface area contributed by atoms with Gasteiger partial charge >= 0.3 is 0 Å². The van der Waals surface area contributed by atoms with Gasteiger partial charge in [0.2, 0.25) is 5.95 Å². The number of rotatable bonds is 6. The van der Waals surface area contributed by atoms with E-state index in [9.17, 15) is 0 Å². The third kappa shape index (κ3) is 4.66. The van der Waals surface area contributed by atoms with E-state index in [4.69, 9.17) is 25.5 Å². The first kappa shape index (κ1) is 21.4. The summed E-state index contributed by atoms with van der Waals surface area (Å²) in [6.07, 6.45) is 3.34. The largest absolute Gasteiger partial charge is 0.395 e. The highest BCUT2D eigenvalue weighted by Crippen LogP contribution is 2.35. The Kier molecular flexibility index (Phi) is 6.42. The average Bonchev–Trinajstić information content (AvgIpc) is 3.23. The Morgan fingerprint density at radius 2 is 1.72 bits per heavy atom. The zero-order valence-corrected chi connectivity index (χ0v) is 18.8. The number of fused-ring (bicyclic) bond motifs is 1. The van der Waals surface area contributed by atoms with Gasteiger partial charge in [0.05, 0.1) is 35.6 Å². The summed E-state index contributed by atoms with van der Waals surface area (Å²) in [5, 5.41) is 9.16. The van der Waals surface area contributed by atoms with E-state index in [1.807, 2.05) is 0 Å². The van der Waals surface area contributed by atoms with Crippen LogP contribution in [0.1, 0.15) is 4.88 Å². The second-order valence-electron chi connectivity index (χ2n) is 8.07. The van der Waals surface area contributed by atoms with Crippen LogP contribution in [0.5, 0.6) is 0 Å². The van der Waals surface area contributed by atoms with Gasteiger partial charge < -0.3 is 20.5 Å². The molecule has 3 aromatic rings. The van der Waals surface area contributed by atoms with E-state index in [1.165, 1.54) is 4.88 Å². The summed E-state index contributed by atoms with van der Waals surface area (Å²) in [6, 6.07) is 2.19. The van der Waals surface area contributed by atoms with Gasteiger partial charge in [0.15, 0.2) is 11.6 Å². The highest BCUT2D eigenvalue weighted by Gasteiger charge is 2.22. The lowest BCUT2D eigenvalue weighted by atomic mass is 10.2. The molecule has 2 fully saturated rings. The predicted molar refractivity (Wildman–Crippen MR) is 125 cm³/mol. The third-order valence-electron chi connectivity index (χ3n) is 5.91. The lowest BCUT2D eigenvalue weighted by Gasteiger charge is -2.34. The van der Waals surface area contributed by atoms with E-state index in [1.54, 1.807) is 23.7 Å². The van der Waals surface area contributed by atoms with Gasteiger partial charge in [-0.2, -0.15) is 0 Å². The predicted octanol–water partition coefficient (Wildman–Crippen LogP) is 0.677. The van der Waals surface area contributed by atoms with E-state index in [2.05, 4.69) is 30.7 Å². The second kappa shape index (κ2) is 9.59. The molecule has 0 radical (unpaired) electrons. The Labute approximate surface area is 190 Å². The van der Waals surface area contributed by atoms with Crippen LogP contribution in [-0.2, 0) is 11.3 Å². The number of hydrogen-bond donors (Lipinski definition) is 2. The highest BCUT2D eigenvalue weighted by molar-refractivity contribution is 7.19. The molecule has 32 heavy (non-hydrogen) atoms. The Morgan fingerprint density at radius 3 is 2.44 bits per heavy atom. The van der Waals surface area contributed by atoms with Gasteiger partial charge in [0.25, 0.3) is 0 Å². The zero-order valence-electron chi connectivity index (χ0n) is 18.0. The van der Waals surface area contributed by atoms with Crippen molar-refractivity contribution in [2.75, 3.05) is 76.3 Å². The van der Waals surface area contributed by atoms with Crippen LogP contribution >= 0.6 is 11.3 Å². The Morgan fingerprint density at radius 1 is 1.00 bits per heavy atom.